The van der Waals surface area contributed by atoms with Crippen LogP contribution in [0.4, 0.5) is 17.1 Å². The lowest BCUT2D eigenvalue weighted by molar-refractivity contribution is 0.661. The van der Waals surface area contributed by atoms with Crippen molar-refractivity contribution >= 4 is 93.4 Å². The standard InChI is InChI=1S/C93H71NS/c1-92(2)84-49-43-63(54-82(84)90-74-41-25-23-35-66(74)46-50-85(90)92)53-79(68-45-47-76-77-48-44-67-36-24-26-42-75(67)91(77)93(3,4)86(76)57-68)80-59-83-87(60-81(80)78(65-33-17-8-18-34-65)52-62-29-13-6-14-30-62)95-88-58-73(94(71-37-19-9-20-38-71)72-39-21-10-22-40-72)56-70(89(83)88)55-69(64-31-15-7-16-32-64)51-61-27-11-5-12-28-61/h5-51,53-54,56-60,78H,52,55H2,1-4H3/b69-51-,79-53+. The second-order valence-corrected chi connectivity index (χ2v) is 28.2. The van der Waals surface area contributed by atoms with Gasteiger partial charge in [-0.3, -0.25) is 0 Å². The number of allylic oxidation sites excluding steroid dienone is 1. The number of hydrogen-bond acceptors (Lipinski definition) is 2. The van der Waals surface area contributed by atoms with Crippen molar-refractivity contribution in [2.75, 3.05) is 4.90 Å². The molecule has 0 spiro atoms. The number of thiophene rings is 1. The van der Waals surface area contributed by atoms with Gasteiger partial charge in [-0.1, -0.05) is 289 Å². The minimum absolute atomic E-state index is 0.00710. The highest BCUT2D eigenvalue weighted by Gasteiger charge is 2.39. The first-order chi connectivity index (χ1) is 46.6. The van der Waals surface area contributed by atoms with E-state index in [2.05, 4.69) is 360 Å². The number of benzene rings is 14. The van der Waals surface area contributed by atoms with E-state index in [9.17, 15) is 0 Å². The molecule has 1 aromatic heterocycles. The third-order valence-electron chi connectivity index (χ3n) is 20.7. The van der Waals surface area contributed by atoms with Crippen molar-refractivity contribution in [3.05, 3.63) is 388 Å². The lowest BCUT2D eigenvalue weighted by atomic mass is 9.77. The normalized spacial score (nSPS) is 14.0. The molecule has 0 radical (unpaired) electrons. The Balaban J connectivity index is 0.974. The smallest absolute Gasteiger partial charge is 0.0478 e. The molecule has 1 unspecified atom stereocenters. The molecule has 14 aromatic carbocycles. The summed E-state index contributed by atoms with van der Waals surface area (Å²) in [6.07, 6.45) is 6.48. The minimum atomic E-state index is -0.281. The molecule has 2 heteroatoms. The van der Waals surface area contributed by atoms with Crippen LogP contribution < -0.4 is 4.90 Å². The SMILES string of the molecule is CC1(C)c2ccc(/C=C(\c3ccc4c(c3)C(C)(C)c3c-4ccc4ccccc34)c3cc4c(cc3C(Cc3ccccc3)c3ccccc3)sc3cc(N(c5ccccc5)c5ccccc5)cc(C/C(=C/c5ccccc5)c5ccccc5)c34)cc2-c2c1ccc1ccccc21. The summed E-state index contributed by atoms with van der Waals surface area (Å²) in [6.45, 7) is 9.71. The van der Waals surface area contributed by atoms with E-state index in [4.69, 9.17) is 0 Å². The van der Waals surface area contributed by atoms with Crippen molar-refractivity contribution in [3.63, 3.8) is 0 Å². The van der Waals surface area contributed by atoms with Crippen molar-refractivity contribution in [1.82, 2.24) is 0 Å². The molecule has 0 saturated heterocycles. The van der Waals surface area contributed by atoms with Gasteiger partial charge in [-0.15, -0.1) is 11.3 Å². The molecule has 15 aromatic rings. The molecule has 0 bridgehead atoms. The molecule has 1 atom stereocenters. The first-order valence-electron chi connectivity index (χ1n) is 33.5. The van der Waals surface area contributed by atoms with Crippen LogP contribution in [0.2, 0.25) is 0 Å². The van der Waals surface area contributed by atoms with Crippen molar-refractivity contribution in [2.45, 2.75) is 57.3 Å². The van der Waals surface area contributed by atoms with Crippen molar-refractivity contribution in [3.8, 4) is 22.3 Å². The third-order valence-corrected chi connectivity index (χ3v) is 21.8. The number of hydrogen-bond donors (Lipinski definition) is 0. The maximum absolute atomic E-state index is 2.63. The van der Waals surface area contributed by atoms with Gasteiger partial charge in [0.2, 0.25) is 0 Å². The van der Waals surface area contributed by atoms with Gasteiger partial charge in [0.25, 0.3) is 0 Å². The molecule has 0 saturated carbocycles. The average Bonchev–Trinajstić information content (AvgIpc) is 1.60. The molecular weight excluding hydrogens is 1160 g/mol. The maximum atomic E-state index is 2.63. The molecule has 1 nitrogen and oxygen atoms in total. The van der Waals surface area contributed by atoms with E-state index in [1.54, 1.807) is 0 Å². The van der Waals surface area contributed by atoms with Crippen LogP contribution in [-0.4, -0.2) is 0 Å². The Morgan fingerprint density at radius 3 is 1.73 bits per heavy atom. The van der Waals surface area contributed by atoms with Crippen LogP contribution in [0.15, 0.2) is 315 Å². The van der Waals surface area contributed by atoms with Crippen molar-refractivity contribution < 1.29 is 0 Å². The first-order valence-corrected chi connectivity index (χ1v) is 34.3. The highest BCUT2D eigenvalue weighted by Crippen LogP contribution is 2.55. The zero-order valence-electron chi connectivity index (χ0n) is 54.0. The summed E-state index contributed by atoms with van der Waals surface area (Å²) in [5, 5.41) is 7.72. The molecule has 454 valence electrons. The summed E-state index contributed by atoms with van der Waals surface area (Å²) in [6, 6.07) is 119. The Morgan fingerprint density at radius 2 is 1.01 bits per heavy atom. The van der Waals surface area contributed by atoms with E-state index < -0.39 is 0 Å². The van der Waals surface area contributed by atoms with E-state index in [0.29, 0.717) is 6.42 Å². The van der Waals surface area contributed by atoms with Gasteiger partial charge >= 0.3 is 0 Å². The Kier molecular flexibility index (Phi) is 14.4. The number of rotatable bonds is 14. The molecule has 0 amide bonds. The Hall–Kier alpha value is -10.9. The lowest BCUT2D eigenvalue weighted by Crippen LogP contribution is -2.16. The Morgan fingerprint density at radius 1 is 0.411 bits per heavy atom. The summed E-state index contributed by atoms with van der Waals surface area (Å²) in [7, 11) is 0. The molecule has 0 N–H and O–H groups in total. The first kappa shape index (κ1) is 58.0. The highest BCUT2D eigenvalue weighted by molar-refractivity contribution is 7.26. The fourth-order valence-electron chi connectivity index (χ4n) is 16.1. The number of nitrogens with zero attached hydrogens (tertiary/aromatic N) is 1. The van der Waals surface area contributed by atoms with E-state index in [-0.39, 0.29) is 16.7 Å². The zero-order valence-corrected chi connectivity index (χ0v) is 54.8. The van der Waals surface area contributed by atoms with Crippen LogP contribution >= 0.6 is 11.3 Å². The van der Waals surface area contributed by atoms with Crippen LogP contribution in [0.3, 0.4) is 0 Å². The largest absolute Gasteiger partial charge is 0.310 e. The molecule has 0 fully saturated rings. The summed E-state index contributed by atoms with van der Waals surface area (Å²) in [5.74, 6) is -0.00710. The number of para-hydroxylation sites is 2. The van der Waals surface area contributed by atoms with E-state index in [0.717, 1.165) is 23.5 Å². The van der Waals surface area contributed by atoms with Crippen LogP contribution in [0.25, 0.3) is 87.3 Å². The Bertz CT molecular complexity index is 5460. The summed E-state index contributed by atoms with van der Waals surface area (Å²) >= 11 is 1.93. The van der Waals surface area contributed by atoms with Gasteiger partial charge in [0, 0.05) is 54.0 Å². The quantitative estimate of drug-likeness (QED) is 0.0981. The van der Waals surface area contributed by atoms with E-state index in [1.807, 2.05) is 11.3 Å². The predicted molar refractivity (Wildman–Crippen MR) is 407 cm³/mol. The third kappa shape index (κ3) is 10.2. The molecule has 2 aliphatic carbocycles. The second-order valence-electron chi connectivity index (χ2n) is 27.1. The van der Waals surface area contributed by atoms with Crippen LogP contribution in [-0.2, 0) is 23.7 Å². The van der Waals surface area contributed by atoms with Crippen molar-refractivity contribution in [1.29, 1.82) is 0 Å². The topological polar surface area (TPSA) is 3.24 Å². The maximum Gasteiger partial charge on any atom is 0.0478 e. The fourth-order valence-corrected chi connectivity index (χ4v) is 17.3. The van der Waals surface area contributed by atoms with Gasteiger partial charge in [0.1, 0.15) is 0 Å². The van der Waals surface area contributed by atoms with Gasteiger partial charge < -0.3 is 4.90 Å². The molecule has 0 aliphatic heterocycles. The van der Waals surface area contributed by atoms with Gasteiger partial charge in [0.05, 0.1) is 0 Å². The van der Waals surface area contributed by atoms with Gasteiger partial charge in [0.15, 0.2) is 0 Å². The van der Waals surface area contributed by atoms with Crippen LogP contribution in [0.1, 0.15) is 106 Å². The van der Waals surface area contributed by atoms with Crippen molar-refractivity contribution in [2.24, 2.45) is 0 Å². The molecule has 95 heavy (non-hydrogen) atoms. The Labute approximate surface area is 561 Å². The molecule has 17 rings (SSSR count). The highest BCUT2D eigenvalue weighted by atomic mass is 32.1. The average molecular weight is 1230 g/mol. The second kappa shape index (κ2) is 23.6. The molecule has 2 aliphatic rings. The molecular formula is C93H71NS. The molecule has 1 heterocycles. The monoisotopic (exact) mass is 1230 g/mol. The van der Waals surface area contributed by atoms with E-state index >= 15 is 0 Å². The number of fused-ring (bicyclic) bond motifs is 13. The van der Waals surface area contributed by atoms with Gasteiger partial charge in [-0.25, -0.2) is 0 Å². The predicted octanol–water partition coefficient (Wildman–Crippen LogP) is 25.2. The number of anilines is 3. The fraction of sp³-hybridized carbons (Fsp3) is 0.0968. The lowest BCUT2D eigenvalue weighted by Gasteiger charge is -2.26. The zero-order chi connectivity index (χ0) is 63.8. The summed E-state index contributed by atoms with van der Waals surface area (Å²) in [5.41, 5.74) is 27.4. The van der Waals surface area contributed by atoms with Crippen LogP contribution in [0.5, 0.6) is 0 Å². The summed E-state index contributed by atoms with van der Waals surface area (Å²) in [4.78, 5) is 2.44. The van der Waals surface area contributed by atoms with Gasteiger partial charge in [-0.2, -0.15) is 0 Å². The van der Waals surface area contributed by atoms with Gasteiger partial charge in [-0.05, 0) is 207 Å². The minimum Gasteiger partial charge on any atom is -0.310 e. The van der Waals surface area contributed by atoms with Crippen LogP contribution in [0, 0.1) is 0 Å². The van der Waals surface area contributed by atoms with E-state index in [1.165, 1.54) is 147 Å². The summed E-state index contributed by atoms with van der Waals surface area (Å²) < 4.78 is 2.52.